The molecule has 5 rings (SSSR count). The second-order valence-corrected chi connectivity index (χ2v) is 7.83. The molecule has 0 bridgehead atoms. The number of aryl methyl sites for hydroxylation is 1. The summed E-state index contributed by atoms with van der Waals surface area (Å²) in [4.78, 5) is 16.9. The first-order chi connectivity index (χ1) is 15.2. The lowest BCUT2D eigenvalue weighted by Gasteiger charge is -2.33. The van der Waals surface area contributed by atoms with Crippen molar-refractivity contribution in [1.29, 1.82) is 0 Å². The maximum atomic E-state index is 12.4. The van der Waals surface area contributed by atoms with E-state index in [1.807, 2.05) is 30.3 Å². The van der Waals surface area contributed by atoms with E-state index in [2.05, 4.69) is 32.4 Å². The maximum absolute atomic E-state index is 12.4. The highest BCUT2D eigenvalue weighted by atomic mass is 16.7. The molecular formula is C21H25N7O3. The molecule has 31 heavy (non-hydrogen) atoms. The van der Waals surface area contributed by atoms with E-state index in [4.69, 9.17) is 14.6 Å². The Morgan fingerprint density at radius 2 is 1.90 bits per heavy atom. The average molecular weight is 423 g/mol. The van der Waals surface area contributed by atoms with Crippen LogP contribution in [-0.2, 0) is 17.8 Å². The summed E-state index contributed by atoms with van der Waals surface area (Å²) in [6.07, 6.45) is 0.777. The lowest BCUT2D eigenvalue weighted by atomic mass is 10.2. The third kappa shape index (κ3) is 4.24. The molecule has 0 radical (unpaired) electrons. The molecule has 10 nitrogen and oxygen atoms in total. The SMILES string of the molecule is CN1CCN(c2ccc3nnc(CCC(=O)NCc4ccc5c(c4)OCO5)n3n2)CC1. The van der Waals surface area contributed by atoms with Crippen LogP contribution in [0.4, 0.5) is 5.82 Å². The van der Waals surface area contributed by atoms with Gasteiger partial charge >= 0.3 is 0 Å². The predicted molar refractivity (Wildman–Crippen MR) is 113 cm³/mol. The van der Waals surface area contributed by atoms with Crippen molar-refractivity contribution in [1.82, 2.24) is 30.0 Å². The van der Waals surface area contributed by atoms with E-state index in [-0.39, 0.29) is 12.7 Å². The van der Waals surface area contributed by atoms with Crippen molar-refractivity contribution < 1.29 is 14.3 Å². The summed E-state index contributed by atoms with van der Waals surface area (Å²) in [5.74, 6) is 2.99. The van der Waals surface area contributed by atoms with Gasteiger partial charge in [0, 0.05) is 45.6 Å². The fourth-order valence-electron chi connectivity index (χ4n) is 3.75. The van der Waals surface area contributed by atoms with E-state index in [1.165, 1.54) is 0 Å². The Balaban J connectivity index is 1.19. The molecule has 0 saturated carbocycles. The summed E-state index contributed by atoms with van der Waals surface area (Å²) in [6, 6.07) is 9.58. The zero-order valence-electron chi connectivity index (χ0n) is 17.5. The smallest absolute Gasteiger partial charge is 0.231 e. The summed E-state index contributed by atoms with van der Waals surface area (Å²) >= 11 is 0. The van der Waals surface area contributed by atoms with Gasteiger partial charge in [-0.3, -0.25) is 4.79 Å². The van der Waals surface area contributed by atoms with Crippen LogP contribution in [0.5, 0.6) is 11.5 Å². The Morgan fingerprint density at radius 3 is 2.77 bits per heavy atom. The van der Waals surface area contributed by atoms with Crippen LogP contribution in [0.2, 0.25) is 0 Å². The van der Waals surface area contributed by atoms with Gasteiger partial charge < -0.3 is 24.6 Å². The number of rotatable bonds is 6. The molecule has 0 unspecified atom stereocenters. The van der Waals surface area contributed by atoms with Gasteiger partial charge in [0.05, 0.1) is 0 Å². The number of likely N-dealkylation sites (N-methyl/N-ethyl adjacent to an activating group) is 1. The number of hydrogen-bond donors (Lipinski definition) is 1. The van der Waals surface area contributed by atoms with Gasteiger partial charge in [-0.1, -0.05) is 6.07 Å². The van der Waals surface area contributed by atoms with Crippen molar-refractivity contribution in [2.45, 2.75) is 19.4 Å². The van der Waals surface area contributed by atoms with E-state index in [9.17, 15) is 4.79 Å². The van der Waals surface area contributed by atoms with E-state index >= 15 is 0 Å². The summed E-state index contributed by atoms with van der Waals surface area (Å²) in [5.41, 5.74) is 1.65. The first-order valence-electron chi connectivity index (χ1n) is 10.5. The van der Waals surface area contributed by atoms with Crippen molar-refractivity contribution in [3.8, 4) is 11.5 Å². The van der Waals surface area contributed by atoms with Crippen molar-refractivity contribution in [2.24, 2.45) is 0 Å². The van der Waals surface area contributed by atoms with Crippen LogP contribution in [0.25, 0.3) is 5.65 Å². The van der Waals surface area contributed by atoms with E-state index in [0.29, 0.717) is 36.6 Å². The molecule has 0 aliphatic carbocycles. The van der Waals surface area contributed by atoms with Crippen LogP contribution in [0, 0.1) is 0 Å². The number of nitrogens with zero attached hydrogens (tertiary/aromatic N) is 6. The monoisotopic (exact) mass is 423 g/mol. The first-order valence-corrected chi connectivity index (χ1v) is 10.5. The minimum atomic E-state index is -0.0513. The molecule has 1 saturated heterocycles. The van der Waals surface area contributed by atoms with Gasteiger partial charge in [-0.05, 0) is 36.9 Å². The minimum Gasteiger partial charge on any atom is -0.454 e. The number of amides is 1. The van der Waals surface area contributed by atoms with Gasteiger partial charge in [0.15, 0.2) is 23.0 Å². The third-order valence-electron chi connectivity index (χ3n) is 5.64. The maximum Gasteiger partial charge on any atom is 0.231 e. The number of carbonyl (C=O) groups is 1. The second-order valence-electron chi connectivity index (χ2n) is 7.83. The fraction of sp³-hybridized carbons (Fsp3) is 0.429. The molecular weight excluding hydrogens is 398 g/mol. The molecule has 2 aliphatic heterocycles. The van der Waals surface area contributed by atoms with Crippen molar-refractivity contribution in [3.05, 3.63) is 41.7 Å². The molecule has 0 spiro atoms. The van der Waals surface area contributed by atoms with Gasteiger partial charge in [0.2, 0.25) is 12.7 Å². The van der Waals surface area contributed by atoms with E-state index < -0.39 is 0 Å². The Bertz CT molecular complexity index is 1090. The van der Waals surface area contributed by atoms with Crippen molar-refractivity contribution in [2.75, 3.05) is 44.9 Å². The van der Waals surface area contributed by atoms with Crippen LogP contribution in [0.3, 0.4) is 0 Å². The minimum absolute atomic E-state index is 0.0513. The molecule has 1 aromatic carbocycles. The Kier molecular flexibility index (Phi) is 5.29. The Morgan fingerprint density at radius 1 is 1.06 bits per heavy atom. The molecule has 10 heteroatoms. The van der Waals surface area contributed by atoms with Crippen LogP contribution < -0.4 is 19.7 Å². The van der Waals surface area contributed by atoms with E-state index in [1.54, 1.807) is 4.52 Å². The summed E-state index contributed by atoms with van der Waals surface area (Å²) in [6.45, 7) is 4.57. The molecule has 4 heterocycles. The Hall–Kier alpha value is -3.40. The van der Waals surface area contributed by atoms with Crippen LogP contribution in [0.1, 0.15) is 17.8 Å². The molecule has 3 aromatic rings. The summed E-state index contributed by atoms with van der Waals surface area (Å²) < 4.78 is 12.4. The van der Waals surface area contributed by atoms with Gasteiger partial charge in [0.25, 0.3) is 0 Å². The zero-order valence-corrected chi connectivity index (χ0v) is 17.5. The predicted octanol–water partition coefficient (Wildman–Crippen LogP) is 0.854. The van der Waals surface area contributed by atoms with Crippen LogP contribution >= 0.6 is 0 Å². The lowest BCUT2D eigenvalue weighted by molar-refractivity contribution is -0.121. The quantitative estimate of drug-likeness (QED) is 0.623. The number of carbonyl (C=O) groups excluding carboxylic acids is 1. The topological polar surface area (TPSA) is 97.1 Å². The second kappa shape index (κ2) is 8.38. The highest BCUT2D eigenvalue weighted by molar-refractivity contribution is 5.76. The summed E-state index contributed by atoms with van der Waals surface area (Å²) in [7, 11) is 2.13. The number of benzene rings is 1. The Labute approximate surface area is 179 Å². The molecule has 2 aliphatic rings. The standard InChI is InChI=1S/C21H25N7O3/c1-26-8-10-27(11-9-26)20-5-4-18-23-24-19(28(18)25-20)6-7-21(29)22-13-15-2-3-16-17(12-15)31-14-30-16/h2-5,12H,6-11,13-14H2,1H3,(H,22,29). The largest absolute Gasteiger partial charge is 0.454 e. The number of nitrogens with one attached hydrogen (secondary N) is 1. The molecule has 0 atom stereocenters. The molecule has 2 aromatic heterocycles. The zero-order chi connectivity index (χ0) is 21.2. The number of hydrogen-bond acceptors (Lipinski definition) is 8. The average Bonchev–Trinajstić information content (AvgIpc) is 3.42. The summed E-state index contributed by atoms with van der Waals surface area (Å²) in [5, 5.41) is 16.1. The highest BCUT2D eigenvalue weighted by Crippen LogP contribution is 2.32. The van der Waals surface area contributed by atoms with E-state index in [0.717, 1.165) is 43.3 Å². The number of ether oxygens (including phenoxy) is 2. The van der Waals surface area contributed by atoms with Crippen molar-refractivity contribution >= 4 is 17.4 Å². The number of fused-ring (bicyclic) bond motifs is 2. The van der Waals surface area contributed by atoms with Crippen molar-refractivity contribution in [3.63, 3.8) is 0 Å². The van der Waals surface area contributed by atoms with Crippen LogP contribution in [-0.4, -0.2) is 70.6 Å². The van der Waals surface area contributed by atoms with Gasteiger partial charge in [-0.2, -0.15) is 4.52 Å². The number of piperazine rings is 1. The number of aromatic nitrogens is 4. The number of anilines is 1. The van der Waals surface area contributed by atoms with Gasteiger partial charge in [-0.25, -0.2) is 0 Å². The van der Waals surface area contributed by atoms with Gasteiger partial charge in [0.1, 0.15) is 5.82 Å². The molecule has 1 amide bonds. The molecule has 1 fully saturated rings. The molecule has 1 N–H and O–H groups in total. The normalized spacial score (nSPS) is 16.1. The third-order valence-corrected chi connectivity index (χ3v) is 5.64. The first kappa shape index (κ1) is 19.6. The van der Waals surface area contributed by atoms with Gasteiger partial charge in [-0.15, -0.1) is 15.3 Å². The highest BCUT2D eigenvalue weighted by Gasteiger charge is 2.18. The van der Waals surface area contributed by atoms with Crippen LogP contribution in [0.15, 0.2) is 30.3 Å². The fourth-order valence-corrected chi connectivity index (χ4v) is 3.75. The lowest BCUT2D eigenvalue weighted by Crippen LogP contribution is -2.45. The molecule has 162 valence electrons.